The Bertz CT molecular complexity index is 488. The average Bonchev–Trinajstić information content (AvgIpc) is 2.45. The second-order valence-electron chi connectivity index (χ2n) is 3.82. The molecule has 2 N–H and O–H groups in total. The molecule has 0 heterocycles. The Morgan fingerprint density at radius 3 is 2.85 bits per heavy atom. The fraction of sp³-hybridized carbons (Fsp3) is 0.357. The second kappa shape index (κ2) is 8.60. The van der Waals surface area contributed by atoms with Crippen LogP contribution in [0.15, 0.2) is 22.7 Å². The van der Waals surface area contributed by atoms with Crippen molar-refractivity contribution in [2.45, 2.75) is 6.92 Å². The molecule has 0 radical (unpaired) electrons. The highest BCUT2D eigenvalue weighted by atomic mass is 79.9. The van der Waals surface area contributed by atoms with Gasteiger partial charge in [-0.3, -0.25) is 4.79 Å². The molecule has 0 bridgehead atoms. The zero-order valence-electron chi connectivity index (χ0n) is 11.5. The summed E-state index contributed by atoms with van der Waals surface area (Å²) in [5.74, 6) is 0.969. The molecule has 1 aromatic rings. The van der Waals surface area contributed by atoms with E-state index in [9.17, 15) is 4.79 Å². The van der Waals surface area contributed by atoms with Crippen LogP contribution in [0.1, 0.15) is 12.5 Å². The van der Waals surface area contributed by atoms with Crippen molar-refractivity contribution in [3.8, 4) is 11.5 Å². The first kappa shape index (κ1) is 16.5. The van der Waals surface area contributed by atoms with E-state index >= 15 is 0 Å². The molecule has 0 atom stereocenters. The van der Waals surface area contributed by atoms with Gasteiger partial charge in [-0.25, -0.2) is 0 Å². The largest absolute Gasteiger partial charge is 0.493 e. The molecule has 1 aromatic carbocycles. The summed E-state index contributed by atoms with van der Waals surface area (Å²) in [4.78, 5) is 11.4. The predicted molar refractivity (Wildman–Crippen MR) is 81.0 cm³/mol. The van der Waals surface area contributed by atoms with Gasteiger partial charge in [0.15, 0.2) is 11.5 Å². The first-order valence-corrected chi connectivity index (χ1v) is 6.98. The average molecular weight is 344 g/mol. The standard InChI is InChI=1S/C14H18BrNO4/c1-3-20-14-11(15)8-10(9-12(14)19-2)4-5-13(18)16-6-7-17/h4-5,8-9,17H,3,6-7H2,1-2H3,(H,16,18)/b5-4+. The van der Waals surface area contributed by atoms with Gasteiger partial charge in [0.25, 0.3) is 0 Å². The molecule has 5 nitrogen and oxygen atoms in total. The number of carbonyl (C=O) groups is 1. The first-order chi connectivity index (χ1) is 9.62. The topological polar surface area (TPSA) is 67.8 Å². The molecule has 0 fully saturated rings. The summed E-state index contributed by atoms with van der Waals surface area (Å²) >= 11 is 3.42. The molecule has 0 aliphatic carbocycles. The van der Waals surface area contributed by atoms with Gasteiger partial charge in [-0.15, -0.1) is 0 Å². The number of carbonyl (C=O) groups excluding carboxylic acids is 1. The fourth-order valence-electron chi connectivity index (χ4n) is 1.53. The van der Waals surface area contributed by atoms with Crippen LogP contribution >= 0.6 is 15.9 Å². The van der Waals surface area contributed by atoms with E-state index in [1.165, 1.54) is 6.08 Å². The molecule has 1 rings (SSSR count). The lowest BCUT2D eigenvalue weighted by Gasteiger charge is -2.12. The number of rotatable bonds is 7. The maximum Gasteiger partial charge on any atom is 0.244 e. The van der Waals surface area contributed by atoms with E-state index < -0.39 is 0 Å². The molecule has 0 aliphatic heterocycles. The minimum atomic E-state index is -0.261. The highest BCUT2D eigenvalue weighted by Crippen LogP contribution is 2.36. The number of methoxy groups -OCH3 is 1. The fourth-order valence-corrected chi connectivity index (χ4v) is 2.10. The van der Waals surface area contributed by atoms with Crippen LogP contribution < -0.4 is 14.8 Å². The van der Waals surface area contributed by atoms with Crippen molar-refractivity contribution in [2.75, 3.05) is 26.9 Å². The van der Waals surface area contributed by atoms with Crippen molar-refractivity contribution in [1.29, 1.82) is 0 Å². The first-order valence-electron chi connectivity index (χ1n) is 6.19. The van der Waals surface area contributed by atoms with Gasteiger partial charge in [0.05, 0.1) is 24.8 Å². The normalized spacial score (nSPS) is 10.6. The van der Waals surface area contributed by atoms with E-state index in [0.29, 0.717) is 18.1 Å². The Hall–Kier alpha value is -1.53. The van der Waals surface area contributed by atoms with Crippen molar-refractivity contribution in [3.05, 3.63) is 28.2 Å². The highest BCUT2D eigenvalue weighted by Gasteiger charge is 2.10. The van der Waals surface area contributed by atoms with E-state index in [2.05, 4.69) is 21.2 Å². The molecule has 20 heavy (non-hydrogen) atoms. The summed E-state index contributed by atoms with van der Waals surface area (Å²) in [6.45, 7) is 2.58. The Kier molecular flexibility index (Phi) is 7.11. The zero-order valence-corrected chi connectivity index (χ0v) is 13.1. The maximum atomic E-state index is 11.4. The molecular formula is C14H18BrNO4. The van der Waals surface area contributed by atoms with Crippen LogP contribution in [-0.4, -0.2) is 37.9 Å². The molecule has 6 heteroatoms. The third-order valence-corrected chi connectivity index (χ3v) is 2.97. The van der Waals surface area contributed by atoms with Crippen molar-refractivity contribution in [1.82, 2.24) is 5.32 Å². The van der Waals surface area contributed by atoms with Gasteiger partial charge in [0.1, 0.15) is 0 Å². The SMILES string of the molecule is CCOc1c(Br)cc(/C=C/C(=O)NCCO)cc1OC. The van der Waals surface area contributed by atoms with Gasteiger partial charge in [-0.1, -0.05) is 0 Å². The van der Waals surface area contributed by atoms with Crippen LogP contribution in [0.4, 0.5) is 0 Å². The summed E-state index contributed by atoms with van der Waals surface area (Å²) in [6, 6.07) is 3.62. The van der Waals surface area contributed by atoms with Gasteiger partial charge >= 0.3 is 0 Å². The molecule has 0 spiro atoms. The highest BCUT2D eigenvalue weighted by molar-refractivity contribution is 9.10. The van der Waals surface area contributed by atoms with Gasteiger partial charge in [-0.05, 0) is 46.6 Å². The molecule has 110 valence electrons. The van der Waals surface area contributed by atoms with Crippen LogP contribution in [0.25, 0.3) is 6.08 Å². The minimum Gasteiger partial charge on any atom is -0.493 e. The Labute approximate surface area is 126 Å². The van der Waals surface area contributed by atoms with Crippen LogP contribution in [0.2, 0.25) is 0 Å². The van der Waals surface area contributed by atoms with E-state index in [4.69, 9.17) is 14.6 Å². The van der Waals surface area contributed by atoms with Crippen LogP contribution in [-0.2, 0) is 4.79 Å². The van der Waals surface area contributed by atoms with Crippen LogP contribution in [0, 0.1) is 0 Å². The second-order valence-corrected chi connectivity index (χ2v) is 4.67. The summed E-state index contributed by atoms with van der Waals surface area (Å²) in [7, 11) is 1.56. The summed E-state index contributed by atoms with van der Waals surface area (Å²) in [5.41, 5.74) is 0.802. The van der Waals surface area contributed by atoms with Crippen LogP contribution in [0.3, 0.4) is 0 Å². The number of aliphatic hydroxyl groups is 1. The van der Waals surface area contributed by atoms with Gasteiger partial charge in [-0.2, -0.15) is 0 Å². The Balaban J connectivity index is 2.89. The number of ether oxygens (including phenoxy) is 2. The summed E-state index contributed by atoms with van der Waals surface area (Å²) < 4.78 is 11.5. The van der Waals surface area contributed by atoms with Gasteiger partial charge in [0, 0.05) is 12.6 Å². The van der Waals surface area contributed by atoms with E-state index in [-0.39, 0.29) is 19.1 Å². The molecule has 0 unspecified atom stereocenters. The van der Waals surface area contributed by atoms with E-state index in [1.807, 2.05) is 13.0 Å². The number of hydrogen-bond acceptors (Lipinski definition) is 4. The van der Waals surface area contributed by atoms with Gasteiger partial charge in [0.2, 0.25) is 5.91 Å². The Morgan fingerprint density at radius 2 is 2.25 bits per heavy atom. The predicted octanol–water partition coefficient (Wildman–Crippen LogP) is 1.98. The number of aliphatic hydroxyl groups excluding tert-OH is 1. The van der Waals surface area contributed by atoms with E-state index in [1.54, 1.807) is 19.3 Å². The summed E-state index contributed by atoms with van der Waals surface area (Å²) in [5, 5.41) is 11.1. The number of benzene rings is 1. The molecule has 1 amide bonds. The molecule has 0 saturated carbocycles. The third kappa shape index (κ3) is 4.86. The third-order valence-electron chi connectivity index (χ3n) is 2.38. The Morgan fingerprint density at radius 1 is 1.50 bits per heavy atom. The number of nitrogens with one attached hydrogen (secondary N) is 1. The number of amides is 1. The lowest BCUT2D eigenvalue weighted by atomic mass is 10.2. The molecule has 0 aromatic heterocycles. The molecule has 0 saturated heterocycles. The molecular weight excluding hydrogens is 326 g/mol. The smallest absolute Gasteiger partial charge is 0.244 e. The zero-order chi connectivity index (χ0) is 15.0. The maximum absolute atomic E-state index is 11.4. The lowest BCUT2D eigenvalue weighted by Crippen LogP contribution is -2.24. The van der Waals surface area contributed by atoms with Crippen molar-refractivity contribution < 1.29 is 19.4 Å². The van der Waals surface area contributed by atoms with Gasteiger partial charge < -0.3 is 19.9 Å². The van der Waals surface area contributed by atoms with Crippen molar-refractivity contribution in [2.24, 2.45) is 0 Å². The van der Waals surface area contributed by atoms with E-state index in [0.717, 1.165) is 10.0 Å². The number of halogens is 1. The minimum absolute atomic E-state index is 0.0813. The van der Waals surface area contributed by atoms with Crippen LogP contribution in [0.5, 0.6) is 11.5 Å². The lowest BCUT2D eigenvalue weighted by molar-refractivity contribution is -0.116. The van der Waals surface area contributed by atoms with Crippen molar-refractivity contribution in [3.63, 3.8) is 0 Å². The number of hydrogen-bond donors (Lipinski definition) is 2. The molecule has 0 aliphatic rings. The monoisotopic (exact) mass is 343 g/mol. The van der Waals surface area contributed by atoms with Crippen molar-refractivity contribution >= 4 is 27.9 Å². The summed E-state index contributed by atoms with van der Waals surface area (Å²) in [6.07, 6.45) is 3.06. The quantitative estimate of drug-likeness (QED) is 0.743.